The lowest BCUT2D eigenvalue weighted by molar-refractivity contribution is 0.669. The molecular formula is C49H27N5OS2. The highest BCUT2D eigenvalue weighted by Gasteiger charge is 2.21. The van der Waals surface area contributed by atoms with Crippen molar-refractivity contribution < 1.29 is 4.42 Å². The number of furan rings is 1. The van der Waals surface area contributed by atoms with Crippen LogP contribution in [0.2, 0.25) is 0 Å². The first-order valence-electron chi connectivity index (χ1n) is 18.7. The number of aromatic nitrogens is 5. The highest BCUT2D eigenvalue weighted by molar-refractivity contribution is 7.26. The molecular weight excluding hydrogens is 739 g/mol. The van der Waals surface area contributed by atoms with Gasteiger partial charge in [0.2, 0.25) is 0 Å². The standard InChI is InChI=1S/C49H27N5OS2/c1-3-12-28(13-4-1)43-45-44(34-17-8-10-20-39(34)57-45)51-49(50-43)35-18-11-21-41-42(35)36-26-30(23-25-40(36)56-41)47-52-46(29-14-5-2-6-15-29)53-48(54-47)31-22-24-33-32-16-7-9-19-37(32)55-38(33)27-31/h1-27H. The maximum atomic E-state index is 6.27. The molecule has 12 aromatic rings. The van der Waals surface area contributed by atoms with E-state index in [9.17, 15) is 0 Å². The van der Waals surface area contributed by atoms with Crippen LogP contribution in [0.4, 0.5) is 0 Å². The molecule has 6 nitrogen and oxygen atoms in total. The second-order valence-electron chi connectivity index (χ2n) is 14.0. The Kier molecular flexibility index (Phi) is 7.17. The second-order valence-corrected chi connectivity index (χ2v) is 16.1. The minimum Gasteiger partial charge on any atom is -0.456 e. The van der Waals surface area contributed by atoms with E-state index < -0.39 is 0 Å². The molecule has 0 saturated carbocycles. The van der Waals surface area contributed by atoms with Gasteiger partial charge in [-0.05, 0) is 48.5 Å². The third-order valence-electron chi connectivity index (χ3n) is 10.6. The summed E-state index contributed by atoms with van der Waals surface area (Å²) in [7, 11) is 0. The minimum atomic E-state index is 0.579. The van der Waals surface area contributed by atoms with Crippen LogP contribution in [0.25, 0.3) is 119 Å². The molecule has 0 unspecified atom stereocenters. The van der Waals surface area contributed by atoms with Crippen molar-refractivity contribution in [2.75, 3.05) is 0 Å². The summed E-state index contributed by atoms with van der Waals surface area (Å²) >= 11 is 3.52. The van der Waals surface area contributed by atoms with Crippen LogP contribution >= 0.6 is 22.7 Å². The monoisotopic (exact) mass is 765 g/mol. The quantitative estimate of drug-likeness (QED) is 0.174. The molecule has 0 spiro atoms. The first-order chi connectivity index (χ1) is 28.2. The van der Waals surface area contributed by atoms with Gasteiger partial charge in [-0.1, -0.05) is 115 Å². The lowest BCUT2D eigenvalue weighted by atomic mass is 10.0. The molecule has 12 rings (SSSR count). The maximum absolute atomic E-state index is 6.27. The van der Waals surface area contributed by atoms with E-state index in [4.69, 9.17) is 29.3 Å². The van der Waals surface area contributed by atoms with Gasteiger partial charge in [0, 0.05) is 68.8 Å². The number of hydrogen-bond donors (Lipinski definition) is 0. The smallest absolute Gasteiger partial charge is 0.164 e. The molecule has 5 aromatic heterocycles. The molecule has 0 aliphatic rings. The zero-order valence-corrected chi connectivity index (χ0v) is 31.7. The van der Waals surface area contributed by atoms with Crippen molar-refractivity contribution in [1.82, 2.24) is 24.9 Å². The number of benzene rings is 7. The number of rotatable bonds is 5. The number of fused-ring (bicyclic) bond motifs is 9. The van der Waals surface area contributed by atoms with Gasteiger partial charge >= 0.3 is 0 Å². The normalized spacial score (nSPS) is 11.9. The van der Waals surface area contributed by atoms with Gasteiger partial charge in [0.1, 0.15) is 11.2 Å². The van der Waals surface area contributed by atoms with Gasteiger partial charge in [-0.25, -0.2) is 24.9 Å². The minimum absolute atomic E-state index is 0.579. The maximum Gasteiger partial charge on any atom is 0.164 e. The zero-order valence-electron chi connectivity index (χ0n) is 30.0. The average molecular weight is 766 g/mol. The van der Waals surface area contributed by atoms with Crippen LogP contribution < -0.4 is 0 Å². The number of thiophene rings is 2. The summed E-state index contributed by atoms with van der Waals surface area (Å²) in [5, 5.41) is 5.51. The van der Waals surface area contributed by atoms with Crippen molar-refractivity contribution in [3.63, 3.8) is 0 Å². The molecule has 0 amide bonds. The Morgan fingerprint density at radius 1 is 0.368 bits per heavy atom. The Balaban J connectivity index is 1.06. The third-order valence-corrected chi connectivity index (χ3v) is 12.9. The lowest BCUT2D eigenvalue weighted by Gasteiger charge is -2.10. The Bertz CT molecular complexity index is 3540. The van der Waals surface area contributed by atoms with Gasteiger partial charge in [-0.15, -0.1) is 22.7 Å². The largest absolute Gasteiger partial charge is 0.456 e. The predicted molar refractivity (Wildman–Crippen MR) is 236 cm³/mol. The van der Waals surface area contributed by atoms with E-state index in [1.807, 2.05) is 60.7 Å². The Morgan fingerprint density at radius 2 is 1.00 bits per heavy atom. The van der Waals surface area contributed by atoms with Gasteiger partial charge in [0.25, 0.3) is 0 Å². The van der Waals surface area contributed by atoms with Crippen LogP contribution in [0.15, 0.2) is 168 Å². The van der Waals surface area contributed by atoms with E-state index >= 15 is 0 Å². The van der Waals surface area contributed by atoms with Gasteiger partial charge in [0.05, 0.1) is 15.9 Å². The second kappa shape index (κ2) is 12.7. The van der Waals surface area contributed by atoms with E-state index in [0.29, 0.717) is 23.3 Å². The first-order valence-corrected chi connectivity index (χ1v) is 20.3. The molecule has 0 atom stereocenters. The summed E-state index contributed by atoms with van der Waals surface area (Å²) < 4.78 is 10.9. The topological polar surface area (TPSA) is 77.6 Å². The van der Waals surface area contributed by atoms with Gasteiger partial charge in [0.15, 0.2) is 23.3 Å². The van der Waals surface area contributed by atoms with Crippen LogP contribution in [0.3, 0.4) is 0 Å². The van der Waals surface area contributed by atoms with E-state index in [-0.39, 0.29) is 0 Å². The van der Waals surface area contributed by atoms with Crippen LogP contribution in [0, 0.1) is 0 Å². The van der Waals surface area contributed by atoms with Crippen molar-refractivity contribution >= 4 is 85.1 Å². The van der Waals surface area contributed by atoms with Crippen LogP contribution in [0.1, 0.15) is 0 Å². The third kappa shape index (κ3) is 5.26. The predicted octanol–water partition coefficient (Wildman–Crippen LogP) is 13.6. The summed E-state index contributed by atoms with van der Waals surface area (Å²) in [6.45, 7) is 0. The molecule has 5 heterocycles. The Labute approximate surface area is 333 Å². The SMILES string of the molecule is c1ccc(-c2nc(-c3ccc4c(c3)oc3ccccc34)nc(-c3ccc4sc5cccc(-c6nc(-c7ccccc7)c7sc8ccccc8c7n6)c5c4c3)n2)cc1. The summed E-state index contributed by atoms with van der Waals surface area (Å²) in [6.07, 6.45) is 0. The number of nitrogens with zero attached hydrogens (tertiary/aromatic N) is 5. The first kappa shape index (κ1) is 32.1. The highest BCUT2D eigenvalue weighted by atomic mass is 32.1. The fourth-order valence-corrected chi connectivity index (χ4v) is 10.1. The van der Waals surface area contributed by atoms with E-state index in [1.165, 1.54) is 14.1 Å². The van der Waals surface area contributed by atoms with Crippen LogP contribution in [-0.4, -0.2) is 24.9 Å². The molecule has 57 heavy (non-hydrogen) atoms. The molecule has 0 aliphatic carbocycles. The average Bonchev–Trinajstić information content (AvgIpc) is 3.97. The molecule has 0 aliphatic heterocycles. The summed E-state index contributed by atoms with van der Waals surface area (Å²) in [5.74, 6) is 2.48. The fraction of sp³-hybridized carbons (Fsp3) is 0. The van der Waals surface area contributed by atoms with Gasteiger partial charge in [-0.3, -0.25) is 0 Å². The molecule has 0 saturated heterocycles. The molecule has 0 fully saturated rings. The molecule has 0 N–H and O–H groups in total. The fourth-order valence-electron chi connectivity index (χ4n) is 7.87. The van der Waals surface area contributed by atoms with E-state index in [2.05, 4.69) is 103 Å². The van der Waals surface area contributed by atoms with Crippen molar-refractivity contribution in [2.45, 2.75) is 0 Å². The Morgan fingerprint density at radius 3 is 1.82 bits per heavy atom. The number of para-hydroxylation sites is 1. The van der Waals surface area contributed by atoms with Crippen molar-refractivity contribution in [3.05, 3.63) is 164 Å². The molecule has 7 aromatic carbocycles. The van der Waals surface area contributed by atoms with E-state index in [0.717, 1.165) is 81.8 Å². The molecule has 0 radical (unpaired) electrons. The molecule has 266 valence electrons. The zero-order chi connectivity index (χ0) is 37.5. The molecule has 0 bridgehead atoms. The lowest BCUT2D eigenvalue weighted by Crippen LogP contribution is -2.00. The van der Waals surface area contributed by atoms with Crippen LogP contribution in [0.5, 0.6) is 0 Å². The Hall–Kier alpha value is -7.13. The number of hydrogen-bond acceptors (Lipinski definition) is 8. The van der Waals surface area contributed by atoms with Gasteiger partial charge < -0.3 is 4.42 Å². The van der Waals surface area contributed by atoms with Crippen molar-refractivity contribution in [3.8, 4) is 56.8 Å². The summed E-state index contributed by atoms with van der Waals surface area (Å²) in [6, 6.07) is 56.2. The summed E-state index contributed by atoms with van der Waals surface area (Å²) in [4.78, 5) is 25.9. The van der Waals surface area contributed by atoms with E-state index in [1.54, 1.807) is 22.7 Å². The highest BCUT2D eigenvalue weighted by Crippen LogP contribution is 2.44. The van der Waals surface area contributed by atoms with Gasteiger partial charge in [-0.2, -0.15) is 0 Å². The van der Waals surface area contributed by atoms with Crippen molar-refractivity contribution in [2.24, 2.45) is 0 Å². The molecule has 8 heteroatoms. The van der Waals surface area contributed by atoms with Crippen LogP contribution in [-0.2, 0) is 0 Å². The van der Waals surface area contributed by atoms with Crippen molar-refractivity contribution in [1.29, 1.82) is 0 Å². The summed E-state index contributed by atoms with van der Waals surface area (Å²) in [5.41, 5.74) is 8.30.